The van der Waals surface area contributed by atoms with Crippen LogP contribution in [0.2, 0.25) is 0 Å². The molecular formula is C21H20FN3O3S. The number of nitrogens with zero attached hydrogens (tertiary/aromatic N) is 1. The van der Waals surface area contributed by atoms with Crippen molar-refractivity contribution in [1.82, 2.24) is 10.2 Å². The molecule has 1 aromatic heterocycles. The number of anilines is 1. The van der Waals surface area contributed by atoms with Gasteiger partial charge in [-0.25, -0.2) is 4.39 Å². The summed E-state index contributed by atoms with van der Waals surface area (Å²) in [5.41, 5.74) is 3.29. The van der Waals surface area contributed by atoms with Crippen molar-refractivity contribution in [3.05, 3.63) is 70.7 Å². The van der Waals surface area contributed by atoms with Crippen LogP contribution >= 0.6 is 11.8 Å². The van der Waals surface area contributed by atoms with Gasteiger partial charge in [0.05, 0.1) is 18.1 Å². The van der Waals surface area contributed by atoms with Crippen LogP contribution in [-0.2, 0) is 11.4 Å². The van der Waals surface area contributed by atoms with Gasteiger partial charge in [-0.05, 0) is 30.7 Å². The Hall–Kier alpha value is -3.00. The first-order chi connectivity index (χ1) is 14.1. The number of hydrogen-bond acceptors (Lipinski definition) is 5. The molecule has 0 spiro atoms. The van der Waals surface area contributed by atoms with Crippen molar-refractivity contribution in [2.75, 3.05) is 18.2 Å². The number of hydrogen-bond donors (Lipinski definition) is 2. The average molecular weight is 413 g/mol. The van der Waals surface area contributed by atoms with Crippen LogP contribution in [0.25, 0.3) is 0 Å². The van der Waals surface area contributed by atoms with Gasteiger partial charge in [-0.3, -0.25) is 9.89 Å². The molecule has 1 atom stereocenters. The van der Waals surface area contributed by atoms with E-state index in [1.807, 2.05) is 25.1 Å². The first-order valence-corrected chi connectivity index (χ1v) is 10.1. The number of carbonyl (C=O) groups excluding carboxylic acids is 1. The maximum absolute atomic E-state index is 13.8. The Morgan fingerprint density at radius 2 is 2.07 bits per heavy atom. The van der Waals surface area contributed by atoms with Gasteiger partial charge in [-0.2, -0.15) is 5.10 Å². The van der Waals surface area contributed by atoms with Gasteiger partial charge in [0.25, 0.3) is 0 Å². The highest BCUT2D eigenvalue weighted by molar-refractivity contribution is 8.00. The van der Waals surface area contributed by atoms with Crippen molar-refractivity contribution in [2.24, 2.45) is 0 Å². The Kier molecular flexibility index (Phi) is 5.44. The maximum Gasteiger partial charge on any atom is 0.235 e. The minimum atomic E-state index is -0.307. The predicted molar refractivity (Wildman–Crippen MR) is 110 cm³/mol. The molecule has 8 heteroatoms. The number of aromatic nitrogens is 2. The lowest BCUT2D eigenvalue weighted by Gasteiger charge is -2.18. The number of thioether (sulfide) groups is 1. The van der Waals surface area contributed by atoms with Crippen molar-refractivity contribution >= 4 is 23.5 Å². The van der Waals surface area contributed by atoms with Crippen LogP contribution in [0.3, 0.4) is 0 Å². The highest BCUT2D eigenvalue weighted by atomic mass is 32.2. The summed E-state index contributed by atoms with van der Waals surface area (Å²) in [4.78, 5) is 12.0. The van der Waals surface area contributed by atoms with Crippen molar-refractivity contribution in [3.8, 4) is 11.5 Å². The van der Waals surface area contributed by atoms with E-state index in [2.05, 4.69) is 15.5 Å². The second-order valence-electron chi connectivity index (χ2n) is 6.64. The minimum absolute atomic E-state index is 0.0814. The lowest BCUT2D eigenvalue weighted by molar-refractivity contribution is -0.113. The van der Waals surface area contributed by atoms with E-state index in [1.54, 1.807) is 25.3 Å². The monoisotopic (exact) mass is 413 g/mol. The Morgan fingerprint density at radius 1 is 1.24 bits per heavy atom. The van der Waals surface area contributed by atoms with E-state index in [4.69, 9.17) is 9.47 Å². The number of methoxy groups -OCH3 is 1. The number of aryl methyl sites for hydroxylation is 1. The Labute approximate surface area is 171 Å². The molecule has 29 heavy (non-hydrogen) atoms. The van der Waals surface area contributed by atoms with Gasteiger partial charge in [0.2, 0.25) is 5.91 Å². The quantitative estimate of drug-likeness (QED) is 0.655. The Morgan fingerprint density at radius 3 is 2.86 bits per heavy atom. The number of halogens is 1. The van der Waals surface area contributed by atoms with Gasteiger partial charge < -0.3 is 14.8 Å². The largest absolute Gasteiger partial charge is 0.493 e. The summed E-state index contributed by atoms with van der Waals surface area (Å²) in [6, 6.07) is 12.1. The van der Waals surface area contributed by atoms with Crippen molar-refractivity contribution < 1.29 is 18.7 Å². The van der Waals surface area contributed by atoms with E-state index in [1.165, 1.54) is 17.8 Å². The number of carbonyl (C=O) groups is 1. The molecule has 3 aromatic rings. The van der Waals surface area contributed by atoms with E-state index in [-0.39, 0.29) is 23.6 Å². The van der Waals surface area contributed by atoms with Crippen LogP contribution in [0.4, 0.5) is 10.2 Å². The molecule has 0 bridgehead atoms. The third-order valence-electron chi connectivity index (χ3n) is 4.73. The van der Waals surface area contributed by atoms with E-state index >= 15 is 0 Å². The first-order valence-electron chi connectivity index (χ1n) is 9.07. The summed E-state index contributed by atoms with van der Waals surface area (Å²) >= 11 is 1.53. The summed E-state index contributed by atoms with van der Waals surface area (Å²) in [5, 5.41) is 9.90. The van der Waals surface area contributed by atoms with Crippen molar-refractivity contribution in [3.63, 3.8) is 0 Å². The fraction of sp³-hybridized carbons (Fsp3) is 0.238. The zero-order valence-electron chi connectivity index (χ0n) is 16.0. The van der Waals surface area contributed by atoms with E-state index in [0.29, 0.717) is 28.6 Å². The van der Waals surface area contributed by atoms with Crippen LogP contribution in [0.5, 0.6) is 11.5 Å². The second kappa shape index (κ2) is 8.16. The van der Waals surface area contributed by atoms with Gasteiger partial charge in [0, 0.05) is 16.8 Å². The summed E-state index contributed by atoms with van der Waals surface area (Å²) in [6.45, 7) is 2.03. The Balaban J connectivity index is 1.62. The third kappa shape index (κ3) is 3.93. The minimum Gasteiger partial charge on any atom is -0.493 e. The van der Waals surface area contributed by atoms with Gasteiger partial charge >= 0.3 is 0 Å². The van der Waals surface area contributed by atoms with Gasteiger partial charge in [-0.1, -0.05) is 24.3 Å². The van der Waals surface area contributed by atoms with Crippen LogP contribution in [0.15, 0.2) is 42.5 Å². The zero-order chi connectivity index (χ0) is 20.4. The number of nitrogens with one attached hydrogen (secondary N) is 2. The molecule has 2 N–H and O–H groups in total. The normalized spacial score (nSPS) is 16.0. The zero-order valence-corrected chi connectivity index (χ0v) is 16.8. The van der Waals surface area contributed by atoms with Gasteiger partial charge in [0.1, 0.15) is 12.4 Å². The second-order valence-corrected chi connectivity index (χ2v) is 7.73. The third-order valence-corrected chi connectivity index (χ3v) is 6.00. The molecule has 0 saturated heterocycles. The fourth-order valence-corrected chi connectivity index (χ4v) is 4.45. The number of H-pyrrole nitrogens is 1. The highest BCUT2D eigenvalue weighted by Gasteiger charge is 2.28. The van der Waals surface area contributed by atoms with E-state index in [9.17, 15) is 9.18 Å². The van der Waals surface area contributed by atoms with Crippen molar-refractivity contribution in [2.45, 2.75) is 18.8 Å². The molecule has 150 valence electrons. The summed E-state index contributed by atoms with van der Waals surface area (Å²) in [6.07, 6.45) is 0. The molecule has 0 aliphatic carbocycles. The lowest BCUT2D eigenvalue weighted by Crippen LogP contribution is -2.12. The summed E-state index contributed by atoms with van der Waals surface area (Å²) in [5.74, 6) is 1.57. The molecule has 2 aromatic carbocycles. The van der Waals surface area contributed by atoms with Crippen LogP contribution in [0, 0.1) is 12.7 Å². The number of fused-ring (bicyclic) bond motifs is 1. The number of ether oxygens (including phenoxy) is 2. The van der Waals surface area contributed by atoms with Gasteiger partial charge in [0.15, 0.2) is 17.3 Å². The molecule has 0 radical (unpaired) electrons. The predicted octanol–water partition coefficient (Wildman–Crippen LogP) is 4.22. The SMILES string of the molecule is COc1cc([C@@H]2SCC(=O)Nc3n[nH]c(C)c32)ccc1OCc1ccccc1F. The molecule has 1 aliphatic rings. The van der Waals surface area contributed by atoms with Crippen molar-refractivity contribution in [1.29, 1.82) is 0 Å². The maximum atomic E-state index is 13.8. The van der Waals surface area contributed by atoms with Crippen LogP contribution in [-0.4, -0.2) is 29.0 Å². The average Bonchev–Trinajstić information content (AvgIpc) is 2.98. The standard InChI is InChI=1S/C21H20FN3O3S/c1-12-19-20(29-11-18(26)23-21(19)25-24-12)13-7-8-16(17(9-13)27-2)28-10-14-5-3-4-6-15(14)22/h3-9,20H,10-11H2,1-2H3,(H2,23,24,25,26)/t20-/m0/s1. The summed E-state index contributed by atoms with van der Waals surface area (Å²) < 4.78 is 25.2. The molecule has 1 amide bonds. The highest BCUT2D eigenvalue weighted by Crippen LogP contribution is 2.44. The molecule has 2 heterocycles. The van der Waals surface area contributed by atoms with E-state index in [0.717, 1.165) is 16.8 Å². The smallest absolute Gasteiger partial charge is 0.235 e. The molecule has 6 nitrogen and oxygen atoms in total. The number of benzene rings is 2. The molecule has 0 saturated carbocycles. The number of amides is 1. The number of rotatable bonds is 5. The number of aromatic amines is 1. The van der Waals surface area contributed by atoms with Gasteiger partial charge in [-0.15, -0.1) is 11.8 Å². The van der Waals surface area contributed by atoms with Crippen LogP contribution < -0.4 is 14.8 Å². The van der Waals surface area contributed by atoms with E-state index < -0.39 is 0 Å². The molecular weight excluding hydrogens is 393 g/mol. The van der Waals surface area contributed by atoms with Crippen LogP contribution in [0.1, 0.15) is 27.6 Å². The molecule has 4 rings (SSSR count). The first kappa shape index (κ1) is 19.3. The lowest BCUT2D eigenvalue weighted by atomic mass is 10.0. The fourth-order valence-electron chi connectivity index (χ4n) is 3.26. The summed E-state index contributed by atoms with van der Waals surface area (Å²) in [7, 11) is 1.56. The topological polar surface area (TPSA) is 76.2 Å². The Bertz CT molecular complexity index is 1050. The molecule has 1 aliphatic heterocycles. The molecule has 0 fully saturated rings. The molecule has 0 unspecified atom stereocenters.